The first-order valence-electron chi connectivity index (χ1n) is 8.11. The van der Waals surface area contributed by atoms with Crippen LogP contribution < -0.4 is 10.1 Å². The lowest BCUT2D eigenvalue weighted by Gasteiger charge is -2.37. The van der Waals surface area contributed by atoms with Crippen LogP contribution in [0.2, 0.25) is 0 Å². The predicted octanol–water partition coefficient (Wildman–Crippen LogP) is 3.94. The van der Waals surface area contributed by atoms with Crippen molar-refractivity contribution >= 4 is 11.6 Å². The van der Waals surface area contributed by atoms with E-state index < -0.39 is 10.5 Å². The van der Waals surface area contributed by atoms with Gasteiger partial charge in [-0.2, -0.15) is 0 Å². The molecule has 0 fully saturated rings. The van der Waals surface area contributed by atoms with E-state index in [2.05, 4.69) is 5.32 Å². The van der Waals surface area contributed by atoms with E-state index in [1.807, 2.05) is 38.1 Å². The topological polar surface area (TPSA) is 81.5 Å². The van der Waals surface area contributed by atoms with Gasteiger partial charge in [0.05, 0.1) is 11.0 Å². The van der Waals surface area contributed by atoms with E-state index in [1.54, 1.807) is 19.1 Å². The average molecular weight is 340 g/mol. The van der Waals surface area contributed by atoms with Crippen LogP contribution in [0.15, 0.2) is 42.5 Å². The molecule has 0 aliphatic carbocycles. The summed E-state index contributed by atoms with van der Waals surface area (Å²) in [6.07, 6.45) is 0.615. The Balaban J connectivity index is 1.88. The molecule has 0 spiro atoms. The molecule has 0 radical (unpaired) electrons. The number of carbonyl (C=O) groups is 1. The summed E-state index contributed by atoms with van der Waals surface area (Å²) in [5, 5.41) is 14.1. The van der Waals surface area contributed by atoms with Gasteiger partial charge in [-0.15, -0.1) is 0 Å². The summed E-state index contributed by atoms with van der Waals surface area (Å²) in [4.78, 5) is 23.3. The van der Waals surface area contributed by atoms with Crippen molar-refractivity contribution in [2.75, 3.05) is 0 Å². The maximum Gasteiger partial charge on any atom is 0.273 e. The molecule has 0 unspecified atom stereocenters. The van der Waals surface area contributed by atoms with E-state index in [9.17, 15) is 14.9 Å². The van der Waals surface area contributed by atoms with Crippen LogP contribution in [0.1, 0.15) is 47.8 Å². The predicted molar refractivity (Wildman–Crippen MR) is 93.8 cm³/mol. The molecular formula is C19H20N2O4. The SMILES string of the molecule is Cc1ccc(C(=O)N[C@@H]2CC(C)(C)Oc3ccccc32)cc1[N+](=O)[O-]. The number of fused-ring (bicyclic) bond motifs is 1. The summed E-state index contributed by atoms with van der Waals surface area (Å²) in [6, 6.07) is 11.9. The monoisotopic (exact) mass is 340 g/mol. The first kappa shape index (κ1) is 17.0. The van der Waals surface area contributed by atoms with Gasteiger partial charge in [0.1, 0.15) is 11.4 Å². The molecule has 1 amide bonds. The van der Waals surface area contributed by atoms with Gasteiger partial charge < -0.3 is 10.1 Å². The highest BCUT2D eigenvalue weighted by Gasteiger charge is 2.34. The Bertz CT molecular complexity index is 845. The maximum absolute atomic E-state index is 12.6. The molecule has 130 valence electrons. The number of amides is 1. The normalized spacial score (nSPS) is 18.0. The second kappa shape index (κ2) is 6.20. The summed E-state index contributed by atoms with van der Waals surface area (Å²) < 4.78 is 5.96. The second-order valence-electron chi connectivity index (χ2n) is 6.89. The molecule has 1 aliphatic rings. The van der Waals surface area contributed by atoms with Gasteiger partial charge in [0, 0.05) is 29.2 Å². The van der Waals surface area contributed by atoms with Gasteiger partial charge in [0.25, 0.3) is 11.6 Å². The fourth-order valence-corrected chi connectivity index (χ4v) is 3.12. The number of hydrogen-bond donors (Lipinski definition) is 1. The molecule has 1 N–H and O–H groups in total. The minimum Gasteiger partial charge on any atom is -0.487 e. The number of rotatable bonds is 3. The molecule has 0 saturated heterocycles. The Morgan fingerprint density at radius 2 is 2.00 bits per heavy atom. The van der Waals surface area contributed by atoms with Gasteiger partial charge in [-0.25, -0.2) is 0 Å². The van der Waals surface area contributed by atoms with Gasteiger partial charge in [-0.1, -0.05) is 24.3 Å². The first-order valence-corrected chi connectivity index (χ1v) is 8.11. The van der Waals surface area contributed by atoms with E-state index in [1.165, 1.54) is 6.07 Å². The molecule has 1 aliphatic heterocycles. The van der Waals surface area contributed by atoms with Crippen molar-refractivity contribution in [1.29, 1.82) is 0 Å². The summed E-state index contributed by atoms with van der Waals surface area (Å²) in [6.45, 7) is 5.59. The molecule has 0 aromatic heterocycles. The third kappa shape index (κ3) is 3.47. The highest BCUT2D eigenvalue weighted by molar-refractivity contribution is 5.95. The van der Waals surface area contributed by atoms with Crippen molar-refractivity contribution < 1.29 is 14.5 Å². The molecule has 0 saturated carbocycles. The Morgan fingerprint density at radius 3 is 2.72 bits per heavy atom. The fraction of sp³-hybridized carbons (Fsp3) is 0.316. The van der Waals surface area contributed by atoms with Crippen molar-refractivity contribution in [3.05, 3.63) is 69.3 Å². The lowest BCUT2D eigenvalue weighted by Crippen LogP contribution is -2.41. The smallest absolute Gasteiger partial charge is 0.273 e. The van der Waals surface area contributed by atoms with Crippen molar-refractivity contribution in [3.8, 4) is 5.75 Å². The van der Waals surface area contributed by atoms with Gasteiger partial charge in [-0.3, -0.25) is 14.9 Å². The quantitative estimate of drug-likeness (QED) is 0.678. The first-order chi connectivity index (χ1) is 11.8. The van der Waals surface area contributed by atoms with Gasteiger partial charge in [0.2, 0.25) is 0 Å². The highest BCUT2D eigenvalue weighted by atomic mass is 16.6. The number of aryl methyl sites for hydroxylation is 1. The molecule has 1 atom stereocenters. The third-order valence-corrected chi connectivity index (χ3v) is 4.35. The van der Waals surface area contributed by atoms with E-state index in [0.29, 0.717) is 12.0 Å². The van der Waals surface area contributed by atoms with Crippen LogP contribution in [0, 0.1) is 17.0 Å². The molecular weight excluding hydrogens is 320 g/mol. The lowest BCUT2D eigenvalue weighted by molar-refractivity contribution is -0.385. The number of nitrogens with one attached hydrogen (secondary N) is 1. The van der Waals surface area contributed by atoms with Crippen LogP contribution in [-0.4, -0.2) is 16.4 Å². The van der Waals surface area contributed by atoms with E-state index in [-0.39, 0.29) is 23.2 Å². The summed E-state index contributed by atoms with van der Waals surface area (Å²) in [5.41, 5.74) is 1.25. The van der Waals surface area contributed by atoms with E-state index in [0.717, 1.165) is 11.3 Å². The number of carbonyl (C=O) groups excluding carboxylic acids is 1. The van der Waals surface area contributed by atoms with Gasteiger partial charge in [0.15, 0.2) is 0 Å². The van der Waals surface area contributed by atoms with Crippen LogP contribution in [0.3, 0.4) is 0 Å². The molecule has 2 aromatic rings. The van der Waals surface area contributed by atoms with Crippen LogP contribution in [0.5, 0.6) is 5.75 Å². The molecule has 2 aromatic carbocycles. The molecule has 0 bridgehead atoms. The third-order valence-electron chi connectivity index (χ3n) is 4.35. The average Bonchev–Trinajstić information content (AvgIpc) is 2.53. The summed E-state index contributed by atoms with van der Waals surface area (Å²) in [7, 11) is 0. The van der Waals surface area contributed by atoms with Crippen molar-refractivity contribution in [2.24, 2.45) is 0 Å². The Morgan fingerprint density at radius 1 is 1.28 bits per heavy atom. The van der Waals surface area contributed by atoms with Crippen LogP contribution >= 0.6 is 0 Å². The van der Waals surface area contributed by atoms with Crippen molar-refractivity contribution in [3.63, 3.8) is 0 Å². The van der Waals surface area contributed by atoms with E-state index >= 15 is 0 Å². The maximum atomic E-state index is 12.6. The number of para-hydroxylation sites is 1. The largest absolute Gasteiger partial charge is 0.487 e. The molecule has 3 rings (SSSR count). The van der Waals surface area contributed by atoms with Crippen LogP contribution in [0.4, 0.5) is 5.69 Å². The summed E-state index contributed by atoms with van der Waals surface area (Å²) in [5.74, 6) is 0.416. The molecule has 1 heterocycles. The number of nitro benzene ring substituents is 1. The Hall–Kier alpha value is -2.89. The number of hydrogen-bond acceptors (Lipinski definition) is 4. The van der Waals surface area contributed by atoms with Crippen LogP contribution in [0.25, 0.3) is 0 Å². The summed E-state index contributed by atoms with van der Waals surface area (Å²) >= 11 is 0. The Labute approximate surface area is 146 Å². The van der Waals surface area contributed by atoms with Gasteiger partial charge >= 0.3 is 0 Å². The van der Waals surface area contributed by atoms with Gasteiger partial charge in [-0.05, 0) is 32.9 Å². The Kier molecular flexibility index (Phi) is 4.20. The minimum atomic E-state index is -0.473. The number of benzene rings is 2. The zero-order chi connectivity index (χ0) is 18.2. The number of nitrogens with zero attached hydrogens (tertiary/aromatic N) is 1. The zero-order valence-corrected chi connectivity index (χ0v) is 14.4. The van der Waals surface area contributed by atoms with Crippen molar-refractivity contribution in [1.82, 2.24) is 5.32 Å². The molecule has 6 heteroatoms. The standard InChI is InChI=1S/C19H20N2O4/c1-12-8-9-13(10-16(12)21(23)24)18(22)20-15-11-19(2,3)25-17-7-5-4-6-14(15)17/h4-10,15H,11H2,1-3H3,(H,20,22)/t15-/m1/s1. The highest BCUT2D eigenvalue weighted by Crippen LogP contribution is 2.39. The van der Waals surface area contributed by atoms with Crippen molar-refractivity contribution in [2.45, 2.75) is 38.8 Å². The second-order valence-corrected chi connectivity index (χ2v) is 6.89. The van der Waals surface area contributed by atoms with E-state index in [4.69, 9.17) is 4.74 Å². The fourth-order valence-electron chi connectivity index (χ4n) is 3.12. The number of nitro groups is 1. The van der Waals surface area contributed by atoms with Crippen LogP contribution in [-0.2, 0) is 0 Å². The lowest BCUT2D eigenvalue weighted by atomic mass is 9.89. The zero-order valence-electron chi connectivity index (χ0n) is 14.4. The molecule has 6 nitrogen and oxygen atoms in total. The molecule has 25 heavy (non-hydrogen) atoms. The minimum absolute atomic E-state index is 0.0552. The number of ether oxygens (including phenoxy) is 1.